The number of amides is 1. The van der Waals surface area contributed by atoms with Crippen LogP contribution in [0, 0.1) is 0 Å². The van der Waals surface area contributed by atoms with Crippen molar-refractivity contribution >= 4 is 11.9 Å². The van der Waals surface area contributed by atoms with Crippen molar-refractivity contribution in [2.24, 2.45) is 0 Å². The fraction of sp³-hybridized carbons (Fsp3) is 0.893. The van der Waals surface area contributed by atoms with E-state index in [1.807, 2.05) is 6.08 Å². The highest BCUT2D eigenvalue weighted by atomic mass is 16.7. The number of carbonyl (C=O) groups excluding carboxylic acids is 2. The Kier molecular flexibility index (Phi) is 61.3. The lowest BCUT2D eigenvalue weighted by molar-refractivity contribution is -0.302. The minimum Gasteiger partial charge on any atom is -0.466 e. The maximum atomic E-state index is 13.1. The van der Waals surface area contributed by atoms with Gasteiger partial charge in [-0.05, 0) is 64.2 Å². The number of aliphatic hydroxyl groups excluding tert-OH is 5. The SMILES string of the molecule is CCCCCCCCCCCCC/C=C/C(O)C(COC1OC(CO)C(O)C(O)C1O)NC(=O)CCCCCCCCCCCCCCCCCCC/C=C\C/C=C\CCCCCCCCCCCOC(=O)CCCCCCCCCCCCCC. The highest BCUT2D eigenvalue weighted by Crippen LogP contribution is 2.23. The van der Waals surface area contributed by atoms with Gasteiger partial charge in [0.05, 0.1) is 32.0 Å². The minimum absolute atomic E-state index is 0.00802. The molecular weight excluding hydrogens is 1070 g/mol. The molecule has 1 aliphatic rings. The van der Waals surface area contributed by atoms with Gasteiger partial charge in [0.2, 0.25) is 5.91 Å². The summed E-state index contributed by atoms with van der Waals surface area (Å²) < 4.78 is 16.8. The summed E-state index contributed by atoms with van der Waals surface area (Å²) in [6, 6.07) is -0.809. The molecule has 0 radical (unpaired) electrons. The number of aliphatic hydroxyl groups is 5. The van der Waals surface area contributed by atoms with Gasteiger partial charge in [-0.1, -0.05) is 326 Å². The molecular formula is C75H141NO10. The van der Waals surface area contributed by atoms with Crippen molar-refractivity contribution in [2.45, 2.75) is 410 Å². The smallest absolute Gasteiger partial charge is 0.305 e. The van der Waals surface area contributed by atoms with E-state index in [0.29, 0.717) is 19.4 Å². The molecule has 0 bridgehead atoms. The van der Waals surface area contributed by atoms with Crippen LogP contribution in [0.5, 0.6) is 0 Å². The average molecular weight is 1220 g/mol. The molecule has 7 unspecified atom stereocenters. The Balaban J connectivity index is 1.96. The third kappa shape index (κ3) is 52.6. The van der Waals surface area contributed by atoms with Gasteiger partial charge in [0, 0.05) is 12.8 Å². The molecule has 1 amide bonds. The Bertz CT molecular complexity index is 1520. The molecule has 506 valence electrons. The normalized spacial score (nSPS) is 18.1. The molecule has 1 fully saturated rings. The maximum Gasteiger partial charge on any atom is 0.305 e. The van der Waals surface area contributed by atoms with Crippen molar-refractivity contribution in [2.75, 3.05) is 19.8 Å². The van der Waals surface area contributed by atoms with Gasteiger partial charge in [-0.15, -0.1) is 0 Å². The molecule has 7 atom stereocenters. The van der Waals surface area contributed by atoms with Gasteiger partial charge < -0.3 is 45.1 Å². The second-order valence-electron chi connectivity index (χ2n) is 26.0. The Morgan fingerprint density at radius 3 is 1.17 bits per heavy atom. The van der Waals surface area contributed by atoms with E-state index in [1.165, 1.54) is 283 Å². The van der Waals surface area contributed by atoms with E-state index in [4.69, 9.17) is 14.2 Å². The molecule has 0 aromatic rings. The van der Waals surface area contributed by atoms with Crippen LogP contribution >= 0.6 is 0 Å². The van der Waals surface area contributed by atoms with Gasteiger partial charge in [0.15, 0.2) is 6.29 Å². The second kappa shape index (κ2) is 64.4. The molecule has 0 aromatic carbocycles. The summed E-state index contributed by atoms with van der Waals surface area (Å²) in [5.41, 5.74) is 0. The lowest BCUT2D eigenvalue weighted by atomic mass is 9.99. The molecule has 11 heteroatoms. The van der Waals surface area contributed by atoms with Gasteiger partial charge in [-0.2, -0.15) is 0 Å². The van der Waals surface area contributed by atoms with Gasteiger partial charge in [0.25, 0.3) is 0 Å². The first kappa shape index (κ1) is 81.9. The van der Waals surface area contributed by atoms with Crippen molar-refractivity contribution in [3.8, 4) is 0 Å². The lowest BCUT2D eigenvalue weighted by Crippen LogP contribution is -2.60. The number of hydrogen-bond acceptors (Lipinski definition) is 10. The van der Waals surface area contributed by atoms with Crippen LogP contribution in [0.4, 0.5) is 0 Å². The van der Waals surface area contributed by atoms with Gasteiger partial charge in [-0.3, -0.25) is 9.59 Å². The van der Waals surface area contributed by atoms with Crippen molar-refractivity contribution in [1.29, 1.82) is 0 Å². The summed E-state index contributed by atoms with van der Waals surface area (Å²) >= 11 is 0. The largest absolute Gasteiger partial charge is 0.466 e. The number of rotatable bonds is 66. The van der Waals surface area contributed by atoms with E-state index in [-0.39, 0.29) is 18.5 Å². The quantitative estimate of drug-likeness (QED) is 0.0195. The summed E-state index contributed by atoms with van der Waals surface area (Å²) in [6.45, 7) is 4.38. The first-order chi connectivity index (χ1) is 42.2. The predicted molar refractivity (Wildman–Crippen MR) is 361 cm³/mol. The number of unbranched alkanes of at least 4 members (excludes halogenated alkanes) is 48. The van der Waals surface area contributed by atoms with Gasteiger partial charge in [0.1, 0.15) is 24.4 Å². The Hall–Kier alpha value is -2.12. The standard InChI is InChI=1S/C75H141NO10/c1-3-5-7-9-11-13-15-38-41-45-49-53-57-61-68(78)67(66-85-75-74(83)73(82)72(81)69(65-77)86-75)76-70(79)62-58-54-50-46-42-39-36-34-32-30-28-26-24-22-20-18-17-19-21-23-25-27-29-31-33-35-37-40-44-48-52-56-60-64-84-71(80)63-59-55-51-47-43-16-14-12-10-8-6-4-2/h21,23,27,29,57,61,67-69,72-75,77-78,81-83H,3-20,22,24-26,28,30-56,58-60,62-66H2,1-2H3,(H,76,79)/b23-21-,29-27-,61-57+. The van der Waals surface area contributed by atoms with E-state index in [9.17, 15) is 35.1 Å². The summed E-state index contributed by atoms with van der Waals surface area (Å²) in [6.07, 6.45) is 72.9. The van der Waals surface area contributed by atoms with Crippen LogP contribution in [-0.2, 0) is 23.8 Å². The summed E-state index contributed by atoms with van der Waals surface area (Å²) in [4.78, 5) is 25.1. The molecule has 11 nitrogen and oxygen atoms in total. The van der Waals surface area contributed by atoms with Gasteiger partial charge in [-0.25, -0.2) is 0 Å². The molecule has 1 saturated heterocycles. The highest BCUT2D eigenvalue weighted by Gasteiger charge is 2.44. The molecule has 0 saturated carbocycles. The molecule has 0 aromatic heterocycles. The molecule has 6 N–H and O–H groups in total. The van der Waals surface area contributed by atoms with Crippen LogP contribution in [0.1, 0.15) is 367 Å². The van der Waals surface area contributed by atoms with Crippen LogP contribution in [-0.4, -0.2) is 100 Å². The third-order valence-corrected chi connectivity index (χ3v) is 17.7. The van der Waals surface area contributed by atoms with E-state index in [0.717, 1.165) is 57.8 Å². The fourth-order valence-corrected chi connectivity index (χ4v) is 11.9. The monoisotopic (exact) mass is 1220 g/mol. The molecule has 1 aliphatic heterocycles. The minimum atomic E-state index is -1.57. The van der Waals surface area contributed by atoms with E-state index in [2.05, 4.69) is 43.5 Å². The van der Waals surface area contributed by atoms with Gasteiger partial charge >= 0.3 is 5.97 Å². The number of carbonyl (C=O) groups is 2. The molecule has 0 aliphatic carbocycles. The summed E-state index contributed by atoms with van der Waals surface area (Å²) in [5.74, 6) is -0.170. The summed E-state index contributed by atoms with van der Waals surface area (Å²) in [7, 11) is 0. The first-order valence-corrected chi connectivity index (χ1v) is 37.3. The third-order valence-electron chi connectivity index (χ3n) is 17.7. The van der Waals surface area contributed by atoms with Crippen molar-refractivity contribution in [3.05, 3.63) is 36.5 Å². The van der Waals surface area contributed by atoms with Crippen LogP contribution < -0.4 is 5.32 Å². The predicted octanol–water partition coefficient (Wildman–Crippen LogP) is 19.4. The van der Waals surface area contributed by atoms with Crippen LogP contribution in [0.3, 0.4) is 0 Å². The highest BCUT2D eigenvalue weighted by molar-refractivity contribution is 5.76. The zero-order valence-electron chi connectivity index (χ0n) is 56.3. The Morgan fingerprint density at radius 2 is 0.779 bits per heavy atom. The molecule has 1 rings (SSSR count). The maximum absolute atomic E-state index is 13.1. The van der Waals surface area contributed by atoms with Crippen LogP contribution in [0.25, 0.3) is 0 Å². The molecule has 86 heavy (non-hydrogen) atoms. The van der Waals surface area contributed by atoms with Crippen LogP contribution in [0.15, 0.2) is 36.5 Å². The number of allylic oxidation sites excluding steroid dienone is 5. The Labute approximate surface area is 530 Å². The van der Waals surface area contributed by atoms with Crippen LogP contribution in [0.2, 0.25) is 0 Å². The number of nitrogens with one attached hydrogen (secondary N) is 1. The zero-order chi connectivity index (χ0) is 62.3. The zero-order valence-corrected chi connectivity index (χ0v) is 56.3. The number of esters is 1. The second-order valence-corrected chi connectivity index (χ2v) is 26.0. The number of hydrogen-bond donors (Lipinski definition) is 6. The molecule has 1 heterocycles. The lowest BCUT2D eigenvalue weighted by Gasteiger charge is -2.40. The van der Waals surface area contributed by atoms with Crippen molar-refractivity contribution < 1.29 is 49.3 Å². The Morgan fingerprint density at radius 1 is 0.430 bits per heavy atom. The summed E-state index contributed by atoms with van der Waals surface area (Å²) in [5, 5.41) is 54.5. The first-order valence-electron chi connectivity index (χ1n) is 37.3. The number of ether oxygens (including phenoxy) is 3. The topological polar surface area (TPSA) is 175 Å². The average Bonchev–Trinajstić information content (AvgIpc) is 3.69. The van der Waals surface area contributed by atoms with E-state index in [1.54, 1.807) is 6.08 Å². The van der Waals surface area contributed by atoms with Crippen molar-refractivity contribution in [3.63, 3.8) is 0 Å². The van der Waals surface area contributed by atoms with Crippen molar-refractivity contribution in [1.82, 2.24) is 5.32 Å². The van der Waals surface area contributed by atoms with E-state index >= 15 is 0 Å². The fourth-order valence-electron chi connectivity index (χ4n) is 11.9. The molecule has 0 spiro atoms. The van der Waals surface area contributed by atoms with E-state index < -0.39 is 49.5 Å².